The Kier molecular flexibility index (Phi) is 1.08. The van der Waals surface area contributed by atoms with Gasteiger partial charge < -0.3 is 0 Å². The van der Waals surface area contributed by atoms with Crippen LogP contribution in [0.25, 0.3) is 0 Å². The van der Waals surface area contributed by atoms with Gasteiger partial charge in [0.05, 0.1) is 14.1 Å². The summed E-state index contributed by atoms with van der Waals surface area (Å²) in [5.74, 6) is 0. The quantitative estimate of drug-likeness (QED) is 0.422. The maximum Gasteiger partial charge on any atom is 0.243 e. The Bertz CT molecular complexity index is 169. The van der Waals surface area contributed by atoms with E-state index >= 15 is 0 Å². The van der Waals surface area contributed by atoms with E-state index in [2.05, 4.69) is 17.7 Å². The van der Waals surface area contributed by atoms with Gasteiger partial charge in [0, 0.05) is 6.92 Å². The zero-order chi connectivity index (χ0) is 6.15. The molecule has 0 atom stereocenters. The van der Waals surface area contributed by atoms with Crippen molar-refractivity contribution >= 4 is 0 Å². The standard InChI is InChI=1S/C6H11N2/c1-6-4-7(2)5-8(6)3/h4-5H,1-3H3/q+1. The van der Waals surface area contributed by atoms with Gasteiger partial charge in [-0.1, -0.05) is 0 Å². The molecular formula is C6H11N2+. The lowest BCUT2D eigenvalue weighted by molar-refractivity contribution is -0.671. The Morgan fingerprint density at radius 1 is 1.62 bits per heavy atom. The van der Waals surface area contributed by atoms with E-state index in [-0.39, 0.29) is 0 Å². The molecule has 0 saturated heterocycles. The zero-order valence-electron chi connectivity index (χ0n) is 5.55. The van der Waals surface area contributed by atoms with E-state index in [1.54, 1.807) is 0 Å². The summed E-state index contributed by atoms with van der Waals surface area (Å²) in [6.45, 7) is 2.08. The molecule has 0 N–H and O–H groups in total. The predicted octanol–water partition coefficient (Wildman–Crippen LogP) is 0.158. The van der Waals surface area contributed by atoms with Crippen molar-refractivity contribution in [2.24, 2.45) is 14.1 Å². The van der Waals surface area contributed by atoms with Crippen LogP contribution < -0.4 is 4.57 Å². The van der Waals surface area contributed by atoms with Crippen molar-refractivity contribution in [2.75, 3.05) is 0 Å². The minimum Gasteiger partial charge on any atom is -0.239 e. The molecule has 0 aliphatic carbocycles. The van der Waals surface area contributed by atoms with Gasteiger partial charge in [-0.15, -0.1) is 0 Å². The molecule has 0 bridgehead atoms. The van der Waals surface area contributed by atoms with Gasteiger partial charge in [-0.2, -0.15) is 0 Å². The molecular weight excluding hydrogens is 100 g/mol. The summed E-state index contributed by atoms with van der Waals surface area (Å²) >= 11 is 0. The molecule has 1 heterocycles. The second kappa shape index (κ2) is 1.62. The molecule has 0 aliphatic rings. The number of imidazole rings is 1. The smallest absolute Gasteiger partial charge is 0.239 e. The van der Waals surface area contributed by atoms with Crippen molar-refractivity contribution in [3.8, 4) is 0 Å². The third kappa shape index (κ3) is 0.735. The Balaban J connectivity index is 3.14. The van der Waals surface area contributed by atoms with Crippen molar-refractivity contribution in [1.82, 2.24) is 4.57 Å². The number of hydrogen-bond acceptors (Lipinski definition) is 0. The van der Waals surface area contributed by atoms with Gasteiger partial charge in [-0.25, -0.2) is 9.13 Å². The first-order valence-corrected chi connectivity index (χ1v) is 2.68. The maximum atomic E-state index is 2.08. The second-order valence-corrected chi connectivity index (χ2v) is 2.16. The number of aryl methyl sites for hydroxylation is 3. The van der Waals surface area contributed by atoms with Crippen LogP contribution in [0, 0.1) is 6.92 Å². The Labute approximate surface area is 49.4 Å². The molecule has 2 heteroatoms. The van der Waals surface area contributed by atoms with Crippen LogP contribution in [-0.4, -0.2) is 4.57 Å². The number of hydrogen-bond donors (Lipinski definition) is 0. The number of nitrogens with zero attached hydrogens (tertiary/aromatic N) is 2. The van der Waals surface area contributed by atoms with E-state index in [1.807, 2.05) is 25.0 Å². The molecule has 8 heavy (non-hydrogen) atoms. The highest BCUT2D eigenvalue weighted by Gasteiger charge is 1.98. The summed E-state index contributed by atoms with van der Waals surface area (Å²) in [5.41, 5.74) is 1.28. The monoisotopic (exact) mass is 111 g/mol. The molecule has 2 nitrogen and oxygen atoms in total. The molecule has 1 aromatic rings. The van der Waals surface area contributed by atoms with E-state index in [9.17, 15) is 0 Å². The number of aromatic nitrogens is 2. The minimum absolute atomic E-state index is 1.28. The van der Waals surface area contributed by atoms with E-state index in [0.29, 0.717) is 0 Å². The van der Waals surface area contributed by atoms with Crippen LogP contribution in [0.2, 0.25) is 0 Å². The topological polar surface area (TPSA) is 8.81 Å². The average molecular weight is 111 g/mol. The van der Waals surface area contributed by atoms with Crippen molar-refractivity contribution in [1.29, 1.82) is 0 Å². The van der Waals surface area contributed by atoms with Gasteiger partial charge in [0.15, 0.2) is 0 Å². The molecule has 0 amide bonds. The Morgan fingerprint density at radius 2 is 2.25 bits per heavy atom. The molecule has 0 fully saturated rings. The van der Waals surface area contributed by atoms with Crippen LogP contribution in [0.15, 0.2) is 12.5 Å². The molecule has 0 radical (unpaired) electrons. The minimum atomic E-state index is 1.28. The summed E-state index contributed by atoms with van der Waals surface area (Å²) in [6.07, 6.45) is 4.12. The first-order chi connectivity index (χ1) is 3.70. The van der Waals surface area contributed by atoms with Crippen molar-refractivity contribution in [2.45, 2.75) is 6.92 Å². The Morgan fingerprint density at radius 3 is 2.38 bits per heavy atom. The Hall–Kier alpha value is -0.790. The normalized spacial score (nSPS) is 9.88. The predicted molar refractivity (Wildman–Crippen MR) is 31.3 cm³/mol. The first-order valence-electron chi connectivity index (χ1n) is 2.68. The lowest BCUT2D eigenvalue weighted by Gasteiger charge is -1.78. The molecule has 0 aliphatic heterocycles. The van der Waals surface area contributed by atoms with Gasteiger partial charge in [0.1, 0.15) is 11.9 Å². The van der Waals surface area contributed by atoms with Crippen LogP contribution in [0.4, 0.5) is 0 Å². The summed E-state index contributed by atoms with van der Waals surface area (Å²) in [5, 5.41) is 0. The zero-order valence-corrected chi connectivity index (χ0v) is 5.55. The molecule has 0 aromatic carbocycles. The number of rotatable bonds is 0. The SMILES string of the molecule is Cc1c[n+](C)cn1C. The van der Waals surface area contributed by atoms with Crippen molar-refractivity contribution in [3.63, 3.8) is 0 Å². The first kappa shape index (κ1) is 5.35. The largest absolute Gasteiger partial charge is 0.243 e. The second-order valence-electron chi connectivity index (χ2n) is 2.16. The van der Waals surface area contributed by atoms with Gasteiger partial charge >= 0.3 is 0 Å². The fourth-order valence-corrected chi connectivity index (χ4v) is 0.783. The van der Waals surface area contributed by atoms with E-state index in [4.69, 9.17) is 0 Å². The van der Waals surface area contributed by atoms with Crippen molar-refractivity contribution < 1.29 is 4.57 Å². The highest BCUT2D eigenvalue weighted by molar-refractivity contribution is 4.86. The van der Waals surface area contributed by atoms with E-state index in [0.717, 1.165) is 0 Å². The van der Waals surface area contributed by atoms with Crippen LogP contribution in [-0.2, 0) is 14.1 Å². The third-order valence-electron chi connectivity index (χ3n) is 1.30. The van der Waals surface area contributed by atoms with E-state index < -0.39 is 0 Å². The van der Waals surface area contributed by atoms with Crippen LogP contribution in [0.3, 0.4) is 0 Å². The summed E-state index contributed by atoms with van der Waals surface area (Å²) < 4.78 is 4.12. The van der Waals surface area contributed by atoms with E-state index in [1.165, 1.54) is 5.69 Å². The highest BCUT2D eigenvalue weighted by Crippen LogP contribution is 1.87. The molecule has 0 spiro atoms. The third-order valence-corrected chi connectivity index (χ3v) is 1.30. The summed E-state index contributed by atoms with van der Waals surface area (Å²) in [7, 11) is 4.06. The summed E-state index contributed by atoms with van der Waals surface area (Å²) in [6, 6.07) is 0. The van der Waals surface area contributed by atoms with Crippen LogP contribution >= 0.6 is 0 Å². The maximum absolute atomic E-state index is 2.08. The molecule has 0 saturated carbocycles. The van der Waals surface area contributed by atoms with Gasteiger partial charge in [0.25, 0.3) is 0 Å². The lowest BCUT2D eigenvalue weighted by Crippen LogP contribution is -2.23. The molecule has 44 valence electrons. The van der Waals surface area contributed by atoms with Gasteiger partial charge in [-0.3, -0.25) is 0 Å². The highest BCUT2D eigenvalue weighted by atomic mass is 15.1. The lowest BCUT2D eigenvalue weighted by atomic mass is 10.5. The summed E-state index contributed by atoms with van der Waals surface area (Å²) in [4.78, 5) is 0. The fraction of sp³-hybridized carbons (Fsp3) is 0.500. The fourth-order valence-electron chi connectivity index (χ4n) is 0.783. The van der Waals surface area contributed by atoms with Gasteiger partial charge in [0.2, 0.25) is 6.33 Å². The molecule has 0 unspecified atom stereocenters. The van der Waals surface area contributed by atoms with Crippen molar-refractivity contribution in [3.05, 3.63) is 18.2 Å². The molecule has 1 aromatic heterocycles. The van der Waals surface area contributed by atoms with Crippen LogP contribution in [0.1, 0.15) is 5.69 Å². The van der Waals surface area contributed by atoms with Crippen LogP contribution in [0.5, 0.6) is 0 Å². The average Bonchev–Trinajstić information content (AvgIpc) is 1.85. The molecule has 1 rings (SSSR count). The van der Waals surface area contributed by atoms with Gasteiger partial charge in [-0.05, 0) is 0 Å².